The number of hydrogen-bond acceptors (Lipinski definition) is 7. The molecule has 34 heavy (non-hydrogen) atoms. The summed E-state index contributed by atoms with van der Waals surface area (Å²) >= 11 is 0. The van der Waals surface area contributed by atoms with Crippen molar-refractivity contribution in [1.29, 1.82) is 0 Å². The second kappa shape index (κ2) is 8.56. The van der Waals surface area contributed by atoms with Crippen molar-refractivity contribution in [1.82, 2.24) is 9.80 Å². The summed E-state index contributed by atoms with van der Waals surface area (Å²) in [5.41, 5.74) is -3.79. The first-order valence-electron chi connectivity index (χ1n) is 10.8. The quantitative estimate of drug-likeness (QED) is 0.500. The molecule has 2 fully saturated rings. The second-order valence-corrected chi connectivity index (χ2v) is 8.94. The molecule has 2 aromatic rings. The molecule has 0 spiro atoms. The zero-order valence-corrected chi connectivity index (χ0v) is 19.4. The van der Waals surface area contributed by atoms with Crippen LogP contribution in [0.3, 0.4) is 0 Å². The Morgan fingerprint density at radius 1 is 0.824 bits per heavy atom. The van der Waals surface area contributed by atoms with Gasteiger partial charge in [-0.3, -0.25) is 19.3 Å². The minimum Gasteiger partial charge on any atom is -0.468 e. The maximum atomic E-state index is 15.2. The molecule has 2 aliphatic rings. The van der Waals surface area contributed by atoms with Gasteiger partial charge in [0.25, 0.3) is 0 Å². The van der Waals surface area contributed by atoms with Gasteiger partial charge in [-0.05, 0) is 26.2 Å². The van der Waals surface area contributed by atoms with Gasteiger partial charge in [0.05, 0.1) is 26.3 Å². The molecule has 2 aromatic carbocycles. The van der Waals surface area contributed by atoms with E-state index in [1.54, 1.807) is 36.0 Å². The molecule has 180 valence electrons. The van der Waals surface area contributed by atoms with Gasteiger partial charge in [0.2, 0.25) is 0 Å². The summed E-state index contributed by atoms with van der Waals surface area (Å²) in [6.07, 6.45) is 0. The van der Waals surface area contributed by atoms with Crippen molar-refractivity contribution in [2.24, 2.45) is 10.8 Å². The zero-order chi connectivity index (χ0) is 24.8. The van der Waals surface area contributed by atoms with E-state index in [0.29, 0.717) is 0 Å². The van der Waals surface area contributed by atoms with Crippen LogP contribution in [0.4, 0.5) is 8.78 Å². The van der Waals surface area contributed by atoms with Gasteiger partial charge in [0.1, 0.15) is 11.6 Å². The van der Waals surface area contributed by atoms with E-state index in [0.717, 1.165) is 14.2 Å². The van der Waals surface area contributed by atoms with Crippen molar-refractivity contribution in [3.63, 3.8) is 0 Å². The zero-order valence-electron chi connectivity index (χ0n) is 19.4. The molecule has 0 radical (unpaired) electrons. The summed E-state index contributed by atoms with van der Waals surface area (Å²) in [4.78, 5) is 44.4. The summed E-state index contributed by atoms with van der Waals surface area (Å²) in [6, 6.07) is 9.22. The monoisotopic (exact) mass is 472 g/mol. The molecule has 0 unspecified atom stereocenters. The molecule has 7 nitrogen and oxygen atoms in total. The number of likely N-dealkylation sites (tertiary alicyclic amines) is 2. The first kappa shape index (κ1) is 24.0. The van der Waals surface area contributed by atoms with E-state index in [9.17, 15) is 14.4 Å². The third-order valence-corrected chi connectivity index (χ3v) is 7.10. The molecule has 2 aliphatic heterocycles. The van der Waals surface area contributed by atoms with Gasteiger partial charge < -0.3 is 14.4 Å². The Morgan fingerprint density at radius 2 is 1.21 bits per heavy atom. The Hall–Kier alpha value is -3.17. The number of piperidine rings is 2. The Morgan fingerprint density at radius 3 is 1.56 bits per heavy atom. The predicted molar refractivity (Wildman–Crippen MR) is 117 cm³/mol. The number of carbonyl (C=O) groups is 3. The smallest absolute Gasteiger partial charge is 0.322 e. The van der Waals surface area contributed by atoms with Gasteiger partial charge in [-0.25, -0.2) is 8.78 Å². The average molecular weight is 472 g/mol. The van der Waals surface area contributed by atoms with Gasteiger partial charge in [0.15, 0.2) is 16.6 Å². The minimum atomic E-state index is -1.96. The van der Waals surface area contributed by atoms with Crippen molar-refractivity contribution < 1.29 is 32.6 Å². The molecular weight excluding hydrogens is 446 g/mol. The number of nitrogens with zero attached hydrogens (tertiary/aromatic N) is 2. The van der Waals surface area contributed by atoms with Crippen LogP contribution >= 0.6 is 0 Å². The van der Waals surface area contributed by atoms with Crippen LogP contribution in [-0.4, -0.2) is 68.9 Å². The number of rotatable bonds is 4. The molecule has 0 saturated carbocycles. The number of halogens is 2. The number of Topliss-reactive ketones (excluding diaryl/α,β-unsaturated/α-hetero) is 1. The van der Waals surface area contributed by atoms with E-state index in [-0.39, 0.29) is 24.2 Å². The lowest BCUT2D eigenvalue weighted by molar-refractivity contribution is -0.202. The first-order chi connectivity index (χ1) is 16.2. The number of ketones is 1. The van der Waals surface area contributed by atoms with Crippen LogP contribution in [0.2, 0.25) is 0 Å². The fourth-order valence-electron chi connectivity index (χ4n) is 5.98. The first-order valence-corrected chi connectivity index (χ1v) is 10.8. The highest BCUT2D eigenvalue weighted by Gasteiger charge is 2.74. The molecule has 0 aliphatic carbocycles. The fraction of sp³-hybridized carbons (Fsp3) is 0.400. The maximum Gasteiger partial charge on any atom is 0.322 e. The molecule has 2 heterocycles. The molecule has 0 N–H and O–H groups in total. The number of ether oxygens (including phenoxy) is 2. The predicted octanol–water partition coefficient (Wildman–Crippen LogP) is 2.53. The van der Waals surface area contributed by atoms with Crippen molar-refractivity contribution in [3.05, 3.63) is 71.3 Å². The molecule has 0 aromatic heterocycles. The Labute approximate surface area is 196 Å². The standard InChI is InChI=1S/C25H26F2N2O5/c1-28-13-24(22(31)33-3)19(15-9-5-7-11-17(15)26)29(2)20(16-10-6-8-12-18(16)27)25(14-28,21(24)30)23(32)34-4/h5-12,19-20H,13-14H2,1-4H3/t19-,20+,24-,25+. The molecule has 4 atom stereocenters. The molecule has 2 saturated heterocycles. The lowest BCUT2D eigenvalue weighted by Gasteiger charge is -2.60. The largest absolute Gasteiger partial charge is 0.468 e. The SMILES string of the molecule is COC(=O)[C@]12CN(C)C[C@](C(=O)OC)(C1=O)[C@@H](c1ccccc1F)N(C)[C@H]2c1ccccc1F. The summed E-state index contributed by atoms with van der Waals surface area (Å²) < 4.78 is 40.6. The summed E-state index contributed by atoms with van der Waals surface area (Å²) in [5, 5.41) is 0. The number of fused-ring (bicyclic) bond motifs is 2. The van der Waals surface area contributed by atoms with Crippen LogP contribution in [0.5, 0.6) is 0 Å². The molecule has 2 bridgehead atoms. The number of benzene rings is 2. The van der Waals surface area contributed by atoms with Gasteiger partial charge in [0, 0.05) is 24.2 Å². The Balaban J connectivity index is 2.12. The second-order valence-electron chi connectivity index (χ2n) is 8.94. The van der Waals surface area contributed by atoms with Crippen molar-refractivity contribution in [2.75, 3.05) is 41.4 Å². The Kier molecular flexibility index (Phi) is 6.03. The topological polar surface area (TPSA) is 76.1 Å². The highest BCUT2D eigenvalue weighted by molar-refractivity contribution is 6.17. The van der Waals surface area contributed by atoms with E-state index in [1.807, 2.05) is 0 Å². The van der Waals surface area contributed by atoms with E-state index < -0.39 is 52.3 Å². The molecular formula is C25H26F2N2O5. The van der Waals surface area contributed by atoms with E-state index in [4.69, 9.17) is 9.47 Å². The van der Waals surface area contributed by atoms with E-state index in [2.05, 4.69) is 0 Å². The van der Waals surface area contributed by atoms with Gasteiger partial charge >= 0.3 is 11.9 Å². The van der Waals surface area contributed by atoms with E-state index in [1.165, 1.54) is 36.4 Å². The van der Waals surface area contributed by atoms with Gasteiger partial charge in [-0.2, -0.15) is 0 Å². The normalized spacial score (nSPS) is 29.5. The maximum absolute atomic E-state index is 15.2. The number of carbonyl (C=O) groups excluding carboxylic acids is 3. The van der Waals surface area contributed by atoms with Crippen molar-refractivity contribution >= 4 is 17.7 Å². The van der Waals surface area contributed by atoms with Crippen LogP contribution in [-0.2, 0) is 23.9 Å². The lowest BCUT2D eigenvalue weighted by Crippen LogP contribution is -2.75. The van der Waals surface area contributed by atoms with Crippen LogP contribution < -0.4 is 0 Å². The van der Waals surface area contributed by atoms with Crippen LogP contribution in [0.25, 0.3) is 0 Å². The fourth-order valence-corrected chi connectivity index (χ4v) is 5.98. The summed E-state index contributed by atoms with van der Waals surface area (Å²) in [6.45, 7) is -0.241. The number of methoxy groups -OCH3 is 2. The van der Waals surface area contributed by atoms with E-state index >= 15 is 8.78 Å². The lowest BCUT2D eigenvalue weighted by atomic mass is 9.54. The van der Waals surface area contributed by atoms with Crippen molar-refractivity contribution in [3.8, 4) is 0 Å². The number of hydrogen-bond donors (Lipinski definition) is 0. The third kappa shape index (κ3) is 3.10. The van der Waals surface area contributed by atoms with Gasteiger partial charge in [-0.15, -0.1) is 0 Å². The third-order valence-electron chi connectivity index (χ3n) is 7.10. The van der Waals surface area contributed by atoms with Gasteiger partial charge in [-0.1, -0.05) is 36.4 Å². The summed E-state index contributed by atoms with van der Waals surface area (Å²) in [7, 11) is 5.48. The number of esters is 2. The van der Waals surface area contributed by atoms with Crippen LogP contribution in [0, 0.1) is 22.5 Å². The van der Waals surface area contributed by atoms with Crippen LogP contribution in [0.1, 0.15) is 23.2 Å². The molecule has 4 rings (SSSR count). The van der Waals surface area contributed by atoms with Crippen molar-refractivity contribution in [2.45, 2.75) is 12.1 Å². The Bertz CT molecular complexity index is 1070. The highest BCUT2D eigenvalue weighted by atomic mass is 19.1. The van der Waals surface area contributed by atoms with Crippen LogP contribution in [0.15, 0.2) is 48.5 Å². The highest BCUT2D eigenvalue weighted by Crippen LogP contribution is 2.60. The molecule has 9 heteroatoms. The molecule has 0 amide bonds. The minimum absolute atomic E-state index is 0.0684. The summed E-state index contributed by atoms with van der Waals surface area (Å²) in [5.74, 6) is -3.84. The average Bonchev–Trinajstić information content (AvgIpc) is 2.82.